The van der Waals surface area contributed by atoms with Gasteiger partial charge < -0.3 is 0 Å². The number of carbonyl (C=O) groups is 1. The van der Waals surface area contributed by atoms with Crippen molar-refractivity contribution >= 4 is 5.78 Å². The van der Waals surface area contributed by atoms with Crippen LogP contribution in [0.15, 0.2) is 12.3 Å². The van der Waals surface area contributed by atoms with E-state index >= 15 is 0 Å². The van der Waals surface area contributed by atoms with Gasteiger partial charge in [0.25, 0.3) is 0 Å². The summed E-state index contributed by atoms with van der Waals surface area (Å²) in [7, 11) is 0. The minimum atomic E-state index is 0.129. The van der Waals surface area contributed by atoms with Gasteiger partial charge in [-0.3, -0.25) is 9.48 Å². The summed E-state index contributed by atoms with van der Waals surface area (Å²) in [5.41, 5.74) is 1.12. The van der Waals surface area contributed by atoms with Crippen molar-refractivity contribution in [3.63, 3.8) is 0 Å². The van der Waals surface area contributed by atoms with Gasteiger partial charge in [0.1, 0.15) is 5.78 Å². The minimum Gasteiger partial charge on any atom is -0.299 e. The topological polar surface area (TPSA) is 34.9 Å². The largest absolute Gasteiger partial charge is 0.299 e. The maximum Gasteiger partial charge on any atom is 0.141 e. The van der Waals surface area contributed by atoms with Crippen molar-refractivity contribution in [3.05, 3.63) is 18.0 Å². The normalized spacial score (nSPS) is 21.8. The highest BCUT2D eigenvalue weighted by atomic mass is 16.1. The van der Waals surface area contributed by atoms with Crippen LogP contribution in [0.2, 0.25) is 0 Å². The molecule has 1 aliphatic rings. The van der Waals surface area contributed by atoms with E-state index in [-0.39, 0.29) is 5.92 Å². The Balaban J connectivity index is 2.22. The average molecular weight is 192 g/mol. The van der Waals surface area contributed by atoms with Crippen LogP contribution in [-0.2, 0) is 11.3 Å². The third-order valence-corrected chi connectivity index (χ3v) is 2.85. The van der Waals surface area contributed by atoms with Gasteiger partial charge in [-0.05, 0) is 25.3 Å². The Bertz CT molecular complexity index is 330. The predicted molar refractivity (Wildman–Crippen MR) is 54.1 cm³/mol. The van der Waals surface area contributed by atoms with Gasteiger partial charge in [0.05, 0.1) is 5.92 Å². The Kier molecular flexibility index (Phi) is 2.66. The molecule has 0 aromatic carbocycles. The maximum absolute atomic E-state index is 11.6. The number of rotatable bonds is 3. The number of nitrogens with zero attached hydrogens (tertiary/aromatic N) is 2. The van der Waals surface area contributed by atoms with E-state index in [9.17, 15) is 4.79 Å². The molecule has 1 heterocycles. The van der Waals surface area contributed by atoms with E-state index < -0.39 is 0 Å². The monoisotopic (exact) mass is 192 g/mol. The van der Waals surface area contributed by atoms with Gasteiger partial charge >= 0.3 is 0 Å². The first-order chi connectivity index (χ1) is 6.83. The van der Waals surface area contributed by atoms with Crippen LogP contribution >= 0.6 is 0 Å². The zero-order valence-corrected chi connectivity index (χ0v) is 8.57. The molecule has 1 fully saturated rings. The minimum absolute atomic E-state index is 0.129. The molecule has 1 aromatic heterocycles. The second-order valence-electron chi connectivity index (χ2n) is 3.89. The summed E-state index contributed by atoms with van der Waals surface area (Å²) in [6.45, 7) is 3.05. The Morgan fingerprint density at radius 2 is 2.50 bits per heavy atom. The van der Waals surface area contributed by atoms with Gasteiger partial charge in [0.15, 0.2) is 0 Å². The Morgan fingerprint density at radius 1 is 1.64 bits per heavy atom. The highest BCUT2D eigenvalue weighted by Crippen LogP contribution is 2.30. The van der Waals surface area contributed by atoms with E-state index in [2.05, 4.69) is 12.0 Å². The van der Waals surface area contributed by atoms with Crippen LogP contribution in [0.25, 0.3) is 0 Å². The third kappa shape index (κ3) is 1.59. The first kappa shape index (κ1) is 9.44. The summed E-state index contributed by atoms with van der Waals surface area (Å²) in [4.78, 5) is 11.6. The SMILES string of the molecule is CCCn1nccc1C1CCCC1=O. The van der Waals surface area contributed by atoms with Gasteiger partial charge in [-0.2, -0.15) is 5.10 Å². The number of aromatic nitrogens is 2. The van der Waals surface area contributed by atoms with E-state index in [0.29, 0.717) is 5.78 Å². The van der Waals surface area contributed by atoms with Crippen molar-refractivity contribution in [1.29, 1.82) is 0 Å². The fourth-order valence-electron chi connectivity index (χ4n) is 2.17. The van der Waals surface area contributed by atoms with Crippen molar-refractivity contribution in [1.82, 2.24) is 9.78 Å². The predicted octanol–water partition coefficient (Wildman–Crippen LogP) is 2.13. The molecule has 1 saturated carbocycles. The highest BCUT2D eigenvalue weighted by Gasteiger charge is 2.28. The number of ketones is 1. The van der Waals surface area contributed by atoms with E-state index in [1.807, 2.05) is 10.7 Å². The molecule has 1 aliphatic carbocycles. The van der Waals surface area contributed by atoms with Crippen molar-refractivity contribution in [2.45, 2.75) is 45.1 Å². The summed E-state index contributed by atoms with van der Waals surface area (Å²) in [5, 5.41) is 4.25. The first-order valence-corrected chi connectivity index (χ1v) is 5.37. The molecule has 1 atom stereocenters. The van der Waals surface area contributed by atoms with Gasteiger partial charge in [-0.1, -0.05) is 6.92 Å². The molecule has 76 valence electrons. The smallest absolute Gasteiger partial charge is 0.141 e. The number of Topliss-reactive ketones (excluding diaryl/α,β-unsaturated/α-hetero) is 1. The van der Waals surface area contributed by atoms with Crippen LogP contribution in [0.1, 0.15) is 44.2 Å². The molecule has 2 rings (SSSR count). The maximum atomic E-state index is 11.6. The summed E-state index contributed by atoms with van der Waals surface area (Å²) >= 11 is 0. The van der Waals surface area contributed by atoms with Crippen LogP contribution in [-0.4, -0.2) is 15.6 Å². The van der Waals surface area contributed by atoms with E-state index in [4.69, 9.17) is 0 Å². The standard InChI is InChI=1S/C11H16N2O/c1-2-8-13-10(6-7-12-13)9-4-3-5-11(9)14/h6-7,9H,2-5,8H2,1H3. The number of aryl methyl sites for hydroxylation is 1. The summed E-state index contributed by atoms with van der Waals surface area (Å²) in [5.74, 6) is 0.520. The molecule has 1 unspecified atom stereocenters. The Hall–Kier alpha value is -1.12. The quantitative estimate of drug-likeness (QED) is 0.735. The van der Waals surface area contributed by atoms with Gasteiger partial charge in [0, 0.05) is 24.9 Å². The molecular weight excluding hydrogens is 176 g/mol. The second kappa shape index (κ2) is 3.95. The lowest BCUT2D eigenvalue weighted by molar-refractivity contribution is -0.118. The molecule has 1 aromatic rings. The first-order valence-electron chi connectivity index (χ1n) is 5.37. The lowest BCUT2D eigenvalue weighted by Crippen LogP contribution is -2.12. The van der Waals surface area contributed by atoms with Crippen molar-refractivity contribution in [3.8, 4) is 0 Å². The lowest BCUT2D eigenvalue weighted by Gasteiger charge is -2.10. The second-order valence-corrected chi connectivity index (χ2v) is 3.89. The Morgan fingerprint density at radius 3 is 3.14 bits per heavy atom. The molecule has 0 saturated heterocycles. The van der Waals surface area contributed by atoms with Crippen LogP contribution in [0.4, 0.5) is 0 Å². The Labute approximate surface area is 84.1 Å². The summed E-state index contributed by atoms with van der Waals surface area (Å²) in [6.07, 6.45) is 5.67. The van der Waals surface area contributed by atoms with Crippen LogP contribution in [0.3, 0.4) is 0 Å². The molecule has 0 bridgehead atoms. The van der Waals surface area contributed by atoms with E-state index in [1.54, 1.807) is 6.20 Å². The molecule has 3 heteroatoms. The van der Waals surface area contributed by atoms with E-state index in [0.717, 1.165) is 37.9 Å². The van der Waals surface area contributed by atoms with Crippen LogP contribution in [0.5, 0.6) is 0 Å². The molecule has 14 heavy (non-hydrogen) atoms. The summed E-state index contributed by atoms with van der Waals surface area (Å²) in [6, 6.07) is 1.99. The molecular formula is C11H16N2O. The molecule has 0 N–H and O–H groups in total. The van der Waals surface area contributed by atoms with Crippen LogP contribution in [0, 0.1) is 0 Å². The molecule has 0 amide bonds. The fraction of sp³-hybridized carbons (Fsp3) is 0.636. The zero-order chi connectivity index (χ0) is 9.97. The number of hydrogen-bond acceptors (Lipinski definition) is 2. The van der Waals surface area contributed by atoms with Gasteiger partial charge in [-0.15, -0.1) is 0 Å². The molecule has 0 radical (unpaired) electrons. The third-order valence-electron chi connectivity index (χ3n) is 2.85. The molecule has 0 spiro atoms. The van der Waals surface area contributed by atoms with Crippen molar-refractivity contribution < 1.29 is 4.79 Å². The molecule has 3 nitrogen and oxygen atoms in total. The van der Waals surface area contributed by atoms with E-state index in [1.165, 1.54) is 0 Å². The van der Waals surface area contributed by atoms with Crippen LogP contribution < -0.4 is 0 Å². The number of hydrogen-bond donors (Lipinski definition) is 0. The van der Waals surface area contributed by atoms with Gasteiger partial charge in [0.2, 0.25) is 0 Å². The fourth-order valence-corrected chi connectivity index (χ4v) is 2.17. The van der Waals surface area contributed by atoms with Crippen molar-refractivity contribution in [2.24, 2.45) is 0 Å². The van der Waals surface area contributed by atoms with Crippen molar-refractivity contribution in [2.75, 3.05) is 0 Å². The number of carbonyl (C=O) groups excluding carboxylic acids is 1. The average Bonchev–Trinajstić information content (AvgIpc) is 2.74. The lowest BCUT2D eigenvalue weighted by atomic mass is 10.0. The highest BCUT2D eigenvalue weighted by molar-refractivity contribution is 5.87. The zero-order valence-electron chi connectivity index (χ0n) is 8.57. The summed E-state index contributed by atoms with van der Waals surface area (Å²) < 4.78 is 1.98. The molecule has 0 aliphatic heterocycles. The van der Waals surface area contributed by atoms with Gasteiger partial charge in [-0.25, -0.2) is 0 Å².